The molecule has 0 radical (unpaired) electrons. The minimum atomic E-state index is -3.79. The number of ketones is 1. The number of para-hydroxylation sites is 1. The largest absolute Gasteiger partial charge is 0.326 e. The molecule has 0 heterocycles. The lowest BCUT2D eigenvalue weighted by molar-refractivity contribution is -0.116. The van der Waals surface area contributed by atoms with Gasteiger partial charge in [-0.3, -0.25) is 13.9 Å². The zero-order valence-corrected chi connectivity index (χ0v) is 18.9. The molecule has 0 fully saturated rings. The van der Waals surface area contributed by atoms with E-state index in [-0.39, 0.29) is 29.4 Å². The Morgan fingerprint density at radius 1 is 0.875 bits per heavy atom. The van der Waals surface area contributed by atoms with E-state index in [4.69, 9.17) is 0 Å². The van der Waals surface area contributed by atoms with E-state index in [0.29, 0.717) is 16.9 Å². The van der Waals surface area contributed by atoms with Crippen LogP contribution in [0, 0.1) is 0 Å². The number of nitrogens with zero attached hydrogens (tertiary/aromatic N) is 1. The van der Waals surface area contributed by atoms with Gasteiger partial charge >= 0.3 is 0 Å². The molecule has 7 heteroatoms. The number of carbonyl (C=O) groups excluding carboxylic acids is 2. The van der Waals surface area contributed by atoms with Crippen molar-refractivity contribution in [3.8, 4) is 0 Å². The van der Waals surface area contributed by atoms with E-state index in [1.54, 1.807) is 48.5 Å². The van der Waals surface area contributed by atoms with Crippen molar-refractivity contribution in [1.29, 1.82) is 0 Å². The molecule has 0 aliphatic heterocycles. The van der Waals surface area contributed by atoms with E-state index < -0.39 is 10.0 Å². The van der Waals surface area contributed by atoms with Gasteiger partial charge in [0.15, 0.2) is 5.78 Å². The minimum absolute atomic E-state index is 0.00918. The lowest BCUT2D eigenvalue weighted by Gasteiger charge is -2.19. The van der Waals surface area contributed by atoms with Crippen LogP contribution in [0.5, 0.6) is 0 Å². The standard InChI is InChI=1S/C25H26N2O4S/c1-3-19-12-14-20(15-13-19)24(28)16-17-25(29)26-21-8-7-11-23(18-21)32(30,31)27(2)22-9-5-4-6-10-22/h4-15,18H,3,16-17H2,1-2H3,(H,26,29). The highest BCUT2D eigenvalue weighted by atomic mass is 32.2. The SMILES string of the molecule is CCc1ccc(C(=O)CCC(=O)Nc2cccc(S(=O)(=O)N(C)c3ccccc3)c2)cc1. The third kappa shape index (κ3) is 5.62. The highest BCUT2D eigenvalue weighted by molar-refractivity contribution is 7.92. The third-order valence-corrected chi connectivity index (χ3v) is 6.94. The van der Waals surface area contributed by atoms with E-state index in [2.05, 4.69) is 5.32 Å². The van der Waals surface area contributed by atoms with Crippen LogP contribution in [0.3, 0.4) is 0 Å². The molecule has 3 aromatic carbocycles. The number of carbonyl (C=O) groups is 2. The van der Waals surface area contributed by atoms with Crippen LogP contribution in [-0.2, 0) is 21.2 Å². The third-order valence-electron chi connectivity index (χ3n) is 5.16. The van der Waals surface area contributed by atoms with Crippen LogP contribution in [0.2, 0.25) is 0 Å². The van der Waals surface area contributed by atoms with Gasteiger partial charge in [0.25, 0.3) is 10.0 Å². The van der Waals surface area contributed by atoms with E-state index in [0.717, 1.165) is 12.0 Å². The second kappa shape index (κ2) is 10.2. The normalized spacial score (nSPS) is 11.1. The smallest absolute Gasteiger partial charge is 0.264 e. The van der Waals surface area contributed by atoms with E-state index >= 15 is 0 Å². The minimum Gasteiger partial charge on any atom is -0.326 e. The van der Waals surface area contributed by atoms with Crippen LogP contribution < -0.4 is 9.62 Å². The summed E-state index contributed by atoms with van der Waals surface area (Å²) in [6.45, 7) is 2.04. The average Bonchev–Trinajstić information content (AvgIpc) is 2.82. The Hall–Kier alpha value is -3.45. The molecule has 0 saturated heterocycles. The summed E-state index contributed by atoms with van der Waals surface area (Å²) in [5.41, 5.74) is 2.61. The maximum atomic E-state index is 13.0. The fourth-order valence-corrected chi connectivity index (χ4v) is 4.43. The molecular formula is C25H26N2O4S. The van der Waals surface area contributed by atoms with Gasteiger partial charge in [0.2, 0.25) is 5.91 Å². The average molecular weight is 451 g/mol. The first-order valence-corrected chi connectivity index (χ1v) is 11.8. The molecular weight excluding hydrogens is 424 g/mol. The molecule has 0 saturated carbocycles. The predicted octanol–water partition coefficient (Wildman–Crippen LogP) is 4.68. The summed E-state index contributed by atoms with van der Waals surface area (Å²) >= 11 is 0. The number of sulfonamides is 1. The number of hydrogen-bond acceptors (Lipinski definition) is 4. The summed E-state index contributed by atoms with van der Waals surface area (Å²) < 4.78 is 27.1. The Morgan fingerprint density at radius 2 is 1.56 bits per heavy atom. The second-order valence-electron chi connectivity index (χ2n) is 7.36. The monoisotopic (exact) mass is 450 g/mol. The number of anilines is 2. The van der Waals surface area contributed by atoms with Crippen LogP contribution in [0.15, 0.2) is 83.8 Å². The van der Waals surface area contributed by atoms with Gasteiger partial charge in [0, 0.05) is 31.1 Å². The predicted molar refractivity (Wildman–Crippen MR) is 126 cm³/mol. The van der Waals surface area contributed by atoms with Gasteiger partial charge < -0.3 is 5.32 Å². The van der Waals surface area contributed by atoms with Gasteiger partial charge in [-0.25, -0.2) is 8.42 Å². The summed E-state index contributed by atoms with van der Waals surface area (Å²) in [6, 6.07) is 22.2. The summed E-state index contributed by atoms with van der Waals surface area (Å²) in [7, 11) is -2.31. The fourth-order valence-electron chi connectivity index (χ4n) is 3.19. The molecule has 0 bridgehead atoms. The van der Waals surface area contributed by atoms with Gasteiger partial charge in [-0.1, -0.05) is 55.5 Å². The molecule has 3 aromatic rings. The van der Waals surface area contributed by atoms with Crippen molar-refractivity contribution >= 4 is 33.1 Å². The van der Waals surface area contributed by atoms with Gasteiger partial charge in [0.1, 0.15) is 0 Å². The first-order valence-electron chi connectivity index (χ1n) is 10.4. The molecule has 3 rings (SSSR count). The molecule has 6 nitrogen and oxygen atoms in total. The number of hydrogen-bond donors (Lipinski definition) is 1. The van der Waals surface area contributed by atoms with Crippen molar-refractivity contribution in [2.45, 2.75) is 31.1 Å². The zero-order valence-electron chi connectivity index (χ0n) is 18.1. The van der Waals surface area contributed by atoms with Crippen LogP contribution in [0.25, 0.3) is 0 Å². The number of nitrogens with one attached hydrogen (secondary N) is 1. The quantitative estimate of drug-likeness (QED) is 0.480. The number of Topliss-reactive ketones (excluding diaryl/α,β-unsaturated/α-hetero) is 1. The summed E-state index contributed by atoms with van der Waals surface area (Å²) in [5, 5.41) is 2.68. The lowest BCUT2D eigenvalue weighted by Crippen LogP contribution is -2.26. The highest BCUT2D eigenvalue weighted by Crippen LogP contribution is 2.23. The van der Waals surface area contributed by atoms with Crippen molar-refractivity contribution in [2.75, 3.05) is 16.7 Å². The second-order valence-corrected chi connectivity index (χ2v) is 9.33. The van der Waals surface area contributed by atoms with Crippen LogP contribution in [0.1, 0.15) is 35.7 Å². The molecule has 1 amide bonds. The first kappa shape index (κ1) is 23.2. The molecule has 0 aliphatic rings. The van der Waals surface area contributed by atoms with E-state index in [1.165, 1.54) is 23.5 Å². The Labute approximate surface area is 188 Å². The molecule has 32 heavy (non-hydrogen) atoms. The van der Waals surface area contributed by atoms with Crippen molar-refractivity contribution < 1.29 is 18.0 Å². The van der Waals surface area contributed by atoms with Crippen molar-refractivity contribution in [2.24, 2.45) is 0 Å². The van der Waals surface area contributed by atoms with Crippen LogP contribution in [0.4, 0.5) is 11.4 Å². The maximum Gasteiger partial charge on any atom is 0.264 e. The molecule has 0 spiro atoms. The number of rotatable bonds is 9. The summed E-state index contributed by atoms with van der Waals surface area (Å²) in [5.74, 6) is -0.460. The number of aryl methyl sites for hydroxylation is 1. The summed E-state index contributed by atoms with van der Waals surface area (Å²) in [6.07, 6.45) is 0.980. The topological polar surface area (TPSA) is 83.5 Å². The van der Waals surface area contributed by atoms with Gasteiger partial charge in [-0.2, -0.15) is 0 Å². The molecule has 0 aromatic heterocycles. The Bertz CT molecular complexity index is 1190. The molecule has 166 valence electrons. The molecule has 0 aliphatic carbocycles. The van der Waals surface area contributed by atoms with Crippen LogP contribution >= 0.6 is 0 Å². The van der Waals surface area contributed by atoms with E-state index in [1.807, 2.05) is 25.1 Å². The van der Waals surface area contributed by atoms with E-state index in [9.17, 15) is 18.0 Å². The van der Waals surface area contributed by atoms with Crippen LogP contribution in [-0.4, -0.2) is 27.2 Å². The van der Waals surface area contributed by atoms with Gasteiger partial charge in [-0.05, 0) is 42.3 Å². The fraction of sp³-hybridized carbons (Fsp3) is 0.200. The Kier molecular flexibility index (Phi) is 7.43. The van der Waals surface area contributed by atoms with Crippen molar-refractivity contribution in [3.05, 3.63) is 90.0 Å². The number of amides is 1. The number of benzene rings is 3. The van der Waals surface area contributed by atoms with Crippen molar-refractivity contribution in [1.82, 2.24) is 0 Å². The van der Waals surface area contributed by atoms with Gasteiger partial charge in [-0.15, -0.1) is 0 Å². The highest BCUT2D eigenvalue weighted by Gasteiger charge is 2.21. The zero-order chi connectivity index (χ0) is 23.1. The Morgan fingerprint density at radius 3 is 2.22 bits per heavy atom. The van der Waals surface area contributed by atoms with Crippen molar-refractivity contribution in [3.63, 3.8) is 0 Å². The maximum absolute atomic E-state index is 13.0. The summed E-state index contributed by atoms with van der Waals surface area (Å²) in [4.78, 5) is 24.7. The van der Waals surface area contributed by atoms with Gasteiger partial charge in [0.05, 0.1) is 10.6 Å². The lowest BCUT2D eigenvalue weighted by atomic mass is 10.0. The molecule has 0 atom stereocenters. The first-order chi connectivity index (χ1) is 15.3. The Balaban J connectivity index is 1.63. The molecule has 0 unspecified atom stereocenters. The molecule has 1 N–H and O–H groups in total.